The topological polar surface area (TPSA) is 38.2 Å². The van der Waals surface area contributed by atoms with E-state index in [1.807, 2.05) is 12.1 Å². The van der Waals surface area contributed by atoms with E-state index >= 15 is 0 Å². The van der Waals surface area contributed by atoms with Gasteiger partial charge >= 0.3 is 0 Å². The number of morpholine rings is 1. The first kappa shape index (κ1) is 9.68. The van der Waals surface area contributed by atoms with E-state index in [4.69, 9.17) is 16.3 Å². The number of hydrogen-bond donors (Lipinski definition) is 0. The highest BCUT2D eigenvalue weighted by molar-refractivity contribution is 6.16. The van der Waals surface area contributed by atoms with Crippen LogP contribution in [0, 0.1) is 0 Å². The normalized spacial score (nSPS) is 17.1. The van der Waals surface area contributed by atoms with Crippen molar-refractivity contribution in [3.63, 3.8) is 0 Å². The first-order valence-corrected chi connectivity index (χ1v) is 5.15. The number of anilines is 1. The molecule has 0 amide bonds. The summed E-state index contributed by atoms with van der Waals surface area (Å²) in [4.78, 5) is 2.16. The van der Waals surface area contributed by atoms with E-state index in [9.17, 15) is 0 Å². The second kappa shape index (κ2) is 4.57. The zero-order valence-corrected chi connectivity index (χ0v) is 8.57. The highest BCUT2D eigenvalue weighted by Gasteiger charge is 2.12. The summed E-state index contributed by atoms with van der Waals surface area (Å²) in [5.41, 5.74) is 0.809. The smallest absolute Gasteiger partial charge is 0.151 e. The summed E-state index contributed by atoms with van der Waals surface area (Å²) >= 11 is 5.63. The van der Waals surface area contributed by atoms with E-state index in [2.05, 4.69) is 15.1 Å². The van der Waals surface area contributed by atoms with Gasteiger partial charge in [0, 0.05) is 13.1 Å². The van der Waals surface area contributed by atoms with Crippen molar-refractivity contribution in [3.8, 4) is 0 Å². The molecule has 1 fully saturated rings. The van der Waals surface area contributed by atoms with Crippen molar-refractivity contribution in [3.05, 3.63) is 17.8 Å². The molecule has 76 valence electrons. The van der Waals surface area contributed by atoms with E-state index in [0.717, 1.165) is 37.8 Å². The van der Waals surface area contributed by atoms with Crippen LogP contribution in [0.2, 0.25) is 0 Å². The number of ether oxygens (including phenoxy) is 1. The largest absolute Gasteiger partial charge is 0.378 e. The maximum atomic E-state index is 5.63. The molecule has 1 aromatic rings. The quantitative estimate of drug-likeness (QED) is 0.689. The van der Waals surface area contributed by atoms with Gasteiger partial charge in [-0.3, -0.25) is 0 Å². The Morgan fingerprint density at radius 3 is 2.64 bits per heavy atom. The zero-order valence-electron chi connectivity index (χ0n) is 7.82. The minimum absolute atomic E-state index is 0.413. The summed E-state index contributed by atoms with van der Waals surface area (Å²) in [6, 6.07) is 3.86. The fourth-order valence-electron chi connectivity index (χ4n) is 1.39. The summed E-state index contributed by atoms with van der Waals surface area (Å²) in [5.74, 6) is 1.32. The molecule has 1 saturated heterocycles. The molecule has 2 rings (SSSR count). The van der Waals surface area contributed by atoms with Gasteiger partial charge in [-0.1, -0.05) is 0 Å². The second-order valence-electron chi connectivity index (χ2n) is 3.12. The highest BCUT2D eigenvalue weighted by atomic mass is 35.5. The van der Waals surface area contributed by atoms with Crippen LogP contribution in [0.4, 0.5) is 5.82 Å². The lowest BCUT2D eigenvalue weighted by atomic mass is 10.3. The molecule has 0 N–H and O–H groups in total. The first-order valence-electron chi connectivity index (χ1n) is 4.61. The van der Waals surface area contributed by atoms with Gasteiger partial charge in [0.15, 0.2) is 5.82 Å². The number of nitrogens with zero attached hydrogens (tertiary/aromatic N) is 3. The van der Waals surface area contributed by atoms with Gasteiger partial charge in [0.1, 0.15) is 0 Å². The van der Waals surface area contributed by atoms with Crippen molar-refractivity contribution >= 4 is 17.4 Å². The lowest BCUT2D eigenvalue weighted by Gasteiger charge is -2.27. The van der Waals surface area contributed by atoms with Crippen molar-refractivity contribution in [1.29, 1.82) is 0 Å². The predicted molar refractivity (Wildman–Crippen MR) is 54.6 cm³/mol. The number of halogens is 1. The summed E-state index contributed by atoms with van der Waals surface area (Å²) in [6.07, 6.45) is 0. The minimum Gasteiger partial charge on any atom is -0.378 e. The molecule has 0 aromatic carbocycles. The summed E-state index contributed by atoms with van der Waals surface area (Å²) in [6.45, 7) is 3.29. The van der Waals surface area contributed by atoms with Gasteiger partial charge in [0.25, 0.3) is 0 Å². The third kappa shape index (κ3) is 2.13. The van der Waals surface area contributed by atoms with Crippen molar-refractivity contribution in [2.24, 2.45) is 0 Å². The second-order valence-corrected chi connectivity index (χ2v) is 3.38. The molecule has 0 aliphatic carbocycles. The van der Waals surface area contributed by atoms with Crippen molar-refractivity contribution in [2.45, 2.75) is 5.88 Å². The Kier molecular flexibility index (Phi) is 3.16. The molecular weight excluding hydrogens is 202 g/mol. The number of alkyl halides is 1. The summed E-state index contributed by atoms with van der Waals surface area (Å²) < 4.78 is 5.26. The van der Waals surface area contributed by atoms with Crippen LogP contribution in [0.1, 0.15) is 5.69 Å². The van der Waals surface area contributed by atoms with Crippen LogP contribution in [0.3, 0.4) is 0 Å². The third-order valence-corrected chi connectivity index (χ3v) is 2.45. The van der Waals surface area contributed by atoms with Gasteiger partial charge in [-0.15, -0.1) is 16.7 Å². The van der Waals surface area contributed by atoms with Gasteiger partial charge < -0.3 is 9.64 Å². The van der Waals surface area contributed by atoms with E-state index in [1.165, 1.54) is 0 Å². The van der Waals surface area contributed by atoms with Gasteiger partial charge in [0.2, 0.25) is 0 Å². The molecule has 0 radical (unpaired) electrons. The van der Waals surface area contributed by atoms with Crippen LogP contribution >= 0.6 is 11.6 Å². The van der Waals surface area contributed by atoms with Crippen LogP contribution in [-0.4, -0.2) is 36.5 Å². The van der Waals surface area contributed by atoms with Crippen LogP contribution in [0.5, 0.6) is 0 Å². The predicted octanol–water partition coefficient (Wildman–Crippen LogP) is 1.05. The monoisotopic (exact) mass is 213 g/mol. The molecule has 0 spiro atoms. The van der Waals surface area contributed by atoms with Gasteiger partial charge in [-0.25, -0.2) is 0 Å². The fourth-order valence-corrected chi connectivity index (χ4v) is 1.53. The van der Waals surface area contributed by atoms with Crippen molar-refractivity contribution in [2.75, 3.05) is 31.2 Å². The highest BCUT2D eigenvalue weighted by Crippen LogP contribution is 2.11. The number of hydrogen-bond acceptors (Lipinski definition) is 4. The molecule has 14 heavy (non-hydrogen) atoms. The van der Waals surface area contributed by atoms with Crippen LogP contribution < -0.4 is 4.90 Å². The maximum Gasteiger partial charge on any atom is 0.151 e. The molecular formula is C9H12ClN3O. The standard InChI is InChI=1S/C9H12ClN3O/c10-7-8-1-2-9(12-11-8)13-3-5-14-6-4-13/h1-2H,3-7H2. The molecule has 5 heteroatoms. The molecule has 0 unspecified atom stereocenters. The summed E-state index contributed by atoms with van der Waals surface area (Å²) in [7, 11) is 0. The Hall–Kier alpha value is -0.870. The fraction of sp³-hybridized carbons (Fsp3) is 0.556. The summed E-state index contributed by atoms with van der Waals surface area (Å²) in [5, 5.41) is 8.12. The molecule has 2 heterocycles. The molecule has 1 aromatic heterocycles. The van der Waals surface area contributed by atoms with Crippen LogP contribution in [0.25, 0.3) is 0 Å². The Morgan fingerprint density at radius 1 is 1.29 bits per heavy atom. The lowest BCUT2D eigenvalue weighted by molar-refractivity contribution is 0.122. The van der Waals surface area contributed by atoms with E-state index in [-0.39, 0.29) is 0 Å². The third-order valence-electron chi connectivity index (χ3n) is 2.18. The zero-order chi connectivity index (χ0) is 9.80. The van der Waals surface area contributed by atoms with Crippen LogP contribution in [0.15, 0.2) is 12.1 Å². The van der Waals surface area contributed by atoms with E-state index < -0.39 is 0 Å². The average Bonchev–Trinajstić information content (AvgIpc) is 2.30. The van der Waals surface area contributed by atoms with E-state index in [0.29, 0.717) is 5.88 Å². The number of rotatable bonds is 2. The molecule has 1 aliphatic rings. The Bertz CT molecular complexity index is 285. The average molecular weight is 214 g/mol. The molecule has 1 aliphatic heterocycles. The van der Waals surface area contributed by atoms with Crippen LogP contribution in [-0.2, 0) is 10.6 Å². The van der Waals surface area contributed by atoms with Gasteiger partial charge in [-0.05, 0) is 12.1 Å². The van der Waals surface area contributed by atoms with Gasteiger partial charge in [-0.2, -0.15) is 5.10 Å². The van der Waals surface area contributed by atoms with Crippen molar-refractivity contribution in [1.82, 2.24) is 10.2 Å². The van der Waals surface area contributed by atoms with Gasteiger partial charge in [0.05, 0.1) is 24.8 Å². The minimum atomic E-state index is 0.413. The SMILES string of the molecule is ClCc1ccc(N2CCOCC2)nn1. The molecule has 4 nitrogen and oxygen atoms in total. The lowest BCUT2D eigenvalue weighted by Crippen LogP contribution is -2.36. The molecule has 0 bridgehead atoms. The maximum absolute atomic E-state index is 5.63. The Balaban J connectivity index is 2.07. The first-order chi connectivity index (χ1) is 6.90. The molecule has 0 saturated carbocycles. The molecule has 0 atom stereocenters. The van der Waals surface area contributed by atoms with Crippen molar-refractivity contribution < 1.29 is 4.74 Å². The Morgan fingerprint density at radius 2 is 2.07 bits per heavy atom. The van der Waals surface area contributed by atoms with E-state index in [1.54, 1.807) is 0 Å². The Labute approximate surface area is 87.8 Å². The number of aromatic nitrogens is 2.